The van der Waals surface area contributed by atoms with Crippen molar-refractivity contribution in [1.82, 2.24) is 15.3 Å². The highest BCUT2D eigenvalue weighted by Gasteiger charge is 2.32. The van der Waals surface area contributed by atoms with Crippen molar-refractivity contribution in [3.8, 4) is 0 Å². The van der Waals surface area contributed by atoms with Crippen LogP contribution in [0.3, 0.4) is 0 Å². The molecule has 1 unspecified atom stereocenters. The van der Waals surface area contributed by atoms with Crippen LogP contribution in [0.15, 0.2) is 18.2 Å². The van der Waals surface area contributed by atoms with Crippen LogP contribution in [0.2, 0.25) is 0 Å². The third-order valence-electron chi connectivity index (χ3n) is 5.40. The molecule has 2 N–H and O–H groups in total. The first-order chi connectivity index (χ1) is 13.0. The van der Waals surface area contributed by atoms with Crippen molar-refractivity contribution in [1.29, 1.82) is 0 Å². The van der Waals surface area contributed by atoms with E-state index in [4.69, 9.17) is 0 Å². The van der Waals surface area contributed by atoms with Crippen molar-refractivity contribution >= 4 is 17.5 Å². The smallest absolute Gasteiger partial charge is 0.232 e. The zero-order valence-corrected chi connectivity index (χ0v) is 15.8. The average molecular weight is 364 g/mol. The summed E-state index contributed by atoms with van der Waals surface area (Å²) in [6.45, 7) is 4.50. The van der Waals surface area contributed by atoms with Gasteiger partial charge in [-0.1, -0.05) is 17.7 Å². The van der Waals surface area contributed by atoms with Gasteiger partial charge in [0.25, 0.3) is 0 Å². The molecule has 0 spiro atoms. The van der Waals surface area contributed by atoms with Crippen LogP contribution in [-0.2, 0) is 28.9 Å². The van der Waals surface area contributed by atoms with E-state index in [0.717, 1.165) is 47.6 Å². The average Bonchev–Trinajstić information content (AvgIpc) is 3.21. The molecule has 1 aliphatic heterocycles. The first-order valence-electron chi connectivity index (χ1n) is 9.54. The Bertz CT molecular complexity index is 923. The maximum Gasteiger partial charge on any atom is 0.232 e. The molecular weight excluding hydrogens is 340 g/mol. The second-order valence-corrected chi connectivity index (χ2v) is 7.44. The maximum absolute atomic E-state index is 12.4. The van der Waals surface area contributed by atoms with Gasteiger partial charge in [0, 0.05) is 36.5 Å². The molecule has 6 nitrogen and oxygen atoms in total. The van der Waals surface area contributed by atoms with E-state index in [0.29, 0.717) is 13.0 Å². The van der Waals surface area contributed by atoms with Crippen LogP contribution in [0.4, 0.5) is 5.69 Å². The van der Waals surface area contributed by atoms with Crippen molar-refractivity contribution in [2.75, 3.05) is 11.9 Å². The van der Waals surface area contributed by atoms with Crippen molar-refractivity contribution in [2.45, 2.75) is 51.9 Å². The first-order valence-corrected chi connectivity index (χ1v) is 9.54. The van der Waals surface area contributed by atoms with Gasteiger partial charge in [-0.3, -0.25) is 9.59 Å². The highest BCUT2D eigenvalue weighted by Crippen LogP contribution is 2.35. The number of carbonyl (C=O) groups excluding carboxylic acids is 2. The highest BCUT2D eigenvalue weighted by atomic mass is 16.2. The number of nitrogens with zero attached hydrogens (tertiary/aromatic N) is 2. The lowest BCUT2D eigenvalue weighted by Crippen LogP contribution is -2.29. The van der Waals surface area contributed by atoms with Crippen LogP contribution < -0.4 is 10.6 Å². The summed E-state index contributed by atoms with van der Waals surface area (Å²) in [5.74, 6) is 0.136. The van der Waals surface area contributed by atoms with E-state index >= 15 is 0 Å². The number of aryl methyl sites for hydroxylation is 3. The number of rotatable bonds is 5. The molecule has 140 valence electrons. The maximum atomic E-state index is 12.4. The lowest BCUT2D eigenvalue weighted by molar-refractivity contribution is -0.125. The van der Waals surface area contributed by atoms with Crippen molar-refractivity contribution < 1.29 is 9.59 Å². The predicted octanol–water partition coefficient (Wildman–Crippen LogP) is 2.37. The minimum atomic E-state index is -0.418. The Morgan fingerprint density at radius 3 is 2.96 bits per heavy atom. The fourth-order valence-electron chi connectivity index (χ4n) is 4.01. The molecule has 0 saturated carbocycles. The zero-order chi connectivity index (χ0) is 19.0. The van der Waals surface area contributed by atoms with Crippen LogP contribution in [0, 0.1) is 13.8 Å². The Kier molecular flexibility index (Phi) is 4.64. The second kappa shape index (κ2) is 7.10. The van der Waals surface area contributed by atoms with Gasteiger partial charge in [-0.15, -0.1) is 0 Å². The van der Waals surface area contributed by atoms with Crippen LogP contribution in [-0.4, -0.2) is 28.3 Å². The number of amides is 2. The van der Waals surface area contributed by atoms with Gasteiger partial charge in [0.05, 0.1) is 5.92 Å². The zero-order valence-electron chi connectivity index (χ0n) is 15.8. The van der Waals surface area contributed by atoms with Gasteiger partial charge in [0.1, 0.15) is 5.82 Å². The Balaban J connectivity index is 1.34. The molecule has 0 radical (unpaired) electrons. The van der Waals surface area contributed by atoms with Crippen LogP contribution >= 0.6 is 0 Å². The monoisotopic (exact) mass is 364 g/mol. The Hall–Kier alpha value is -2.76. The largest absolute Gasteiger partial charge is 0.356 e. The third-order valence-corrected chi connectivity index (χ3v) is 5.40. The lowest BCUT2D eigenvalue weighted by atomic mass is 9.95. The van der Waals surface area contributed by atoms with Crippen molar-refractivity contribution in [3.63, 3.8) is 0 Å². The molecule has 1 aromatic heterocycles. The van der Waals surface area contributed by atoms with E-state index in [1.54, 1.807) is 0 Å². The van der Waals surface area contributed by atoms with Crippen LogP contribution in [0.1, 0.15) is 52.7 Å². The predicted molar refractivity (Wildman–Crippen MR) is 103 cm³/mol. The molecule has 27 heavy (non-hydrogen) atoms. The van der Waals surface area contributed by atoms with Crippen LogP contribution in [0.5, 0.6) is 0 Å². The molecule has 4 rings (SSSR count). The number of hydrogen-bond donors (Lipinski definition) is 2. The summed E-state index contributed by atoms with van der Waals surface area (Å²) in [6.07, 6.45) is 4.00. The number of fused-ring (bicyclic) bond motifs is 2. The molecule has 0 bridgehead atoms. The molecule has 0 fully saturated rings. The van der Waals surface area contributed by atoms with Gasteiger partial charge < -0.3 is 10.6 Å². The fourth-order valence-corrected chi connectivity index (χ4v) is 4.01. The summed E-state index contributed by atoms with van der Waals surface area (Å²) in [4.78, 5) is 33.8. The molecular formula is C21H24N4O2. The van der Waals surface area contributed by atoms with Crippen molar-refractivity contribution in [2.24, 2.45) is 0 Å². The van der Waals surface area contributed by atoms with Gasteiger partial charge >= 0.3 is 0 Å². The summed E-state index contributed by atoms with van der Waals surface area (Å²) < 4.78 is 0. The molecule has 2 aromatic rings. The molecule has 2 aliphatic rings. The Morgan fingerprint density at radius 2 is 2.11 bits per heavy atom. The van der Waals surface area contributed by atoms with E-state index in [2.05, 4.69) is 20.6 Å². The topological polar surface area (TPSA) is 84.0 Å². The van der Waals surface area contributed by atoms with E-state index in [1.807, 2.05) is 32.0 Å². The van der Waals surface area contributed by atoms with E-state index in [1.165, 1.54) is 11.3 Å². The Labute approximate surface area is 158 Å². The molecule has 0 saturated heterocycles. The molecule has 2 heterocycles. The number of carbonyl (C=O) groups is 2. The van der Waals surface area contributed by atoms with Gasteiger partial charge in [-0.2, -0.15) is 0 Å². The minimum absolute atomic E-state index is 0.108. The molecule has 1 aromatic carbocycles. The summed E-state index contributed by atoms with van der Waals surface area (Å²) in [6, 6.07) is 5.83. The molecule has 2 amide bonds. The van der Waals surface area contributed by atoms with Crippen molar-refractivity contribution in [3.05, 3.63) is 52.1 Å². The number of aromatic nitrogens is 2. The lowest BCUT2D eigenvalue weighted by Gasteiger charge is -2.11. The number of nitrogens with one attached hydrogen (secondary N) is 2. The van der Waals surface area contributed by atoms with Gasteiger partial charge in [0.15, 0.2) is 0 Å². The quantitative estimate of drug-likeness (QED) is 0.853. The number of benzene rings is 1. The number of hydrogen-bond acceptors (Lipinski definition) is 4. The van der Waals surface area contributed by atoms with E-state index < -0.39 is 5.92 Å². The summed E-state index contributed by atoms with van der Waals surface area (Å²) in [5.41, 5.74) is 6.33. The minimum Gasteiger partial charge on any atom is -0.356 e. The first kappa shape index (κ1) is 17.6. The second-order valence-electron chi connectivity index (χ2n) is 7.44. The van der Waals surface area contributed by atoms with Gasteiger partial charge in [0.2, 0.25) is 11.8 Å². The van der Waals surface area contributed by atoms with Gasteiger partial charge in [-0.05, 0) is 50.3 Å². The molecule has 1 atom stereocenters. The fraction of sp³-hybridized carbons (Fsp3) is 0.429. The standard InChI is InChI=1S/C21H24N4O2/c1-12-6-7-18-15(10-12)16(21(27)25-18)11-20(26)22-9-8-19-23-13(2)14-4-3-5-17(14)24-19/h6-7,10,16H,3-5,8-9,11H2,1-2H3,(H,22,26)(H,25,27). The summed E-state index contributed by atoms with van der Waals surface area (Å²) >= 11 is 0. The molecule has 1 aliphatic carbocycles. The summed E-state index contributed by atoms with van der Waals surface area (Å²) in [7, 11) is 0. The third kappa shape index (κ3) is 3.56. The summed E-state index contributed by atoms with van der Waals surface area (Å²) in [5, 5.41) is 5.77. The highest BCUT2D eigenvalue weighted by molar-refractivity contribution is 6.05. The normalized spacial score (nSPS) is 17.4. The van der Waals surface area contributed by atoms with Crippen LogP contribution in [0.25, 0.3) is 0 Å². The van der Waals surface area contributed by atoms with Gasteiger partial charge in [-0.25, -0.2) is 9.97 Å². The van der Waals surface area contributed by atoms with E-state index in [-0.39, 0.29) is 18.2 Å². The Morgan fingerprint density at radius 1 is 1.26 bits per heavy atom. The molecule has 6 heteroatoms. The SMILES string of the molecule is Cc1ccc2c(c1)C(CC(=O)NCCc1nc(C)c3c(n1)CCC3)C(=O)N2. The number of anilines is 1. The van der Waals surface area contributed by atoms with E-state index in [9.17, 15) is 9.59 Å².